The van der Waals surface area contributed by atoms with Crippen LogP contribution in [0.25, 0.3) is 0 Å². The Morgan fingerprint density at radius 2 is 1.86 bits per heavy atom. The number of rotatable bonds is 3. The fourth-order valence-corrected chi connectivity index (χ4v) is 2.16. The molecule has 5 nitrogen and oxygen atoms in total. The molecule has 0 unspecified atom stereocenters. The summed E-state index contributed by atoms with van der Waals surface area (Å²) in [6.07, 6.45) is 0. The molecule has 114 valence electrons. The molecule has 0 spiro atoms. The fraction of sp³-hybridized carbons (Fsp3) is 0.0667. The van der Waals surface area contributed by atoms with Crippen LogP contribution in [0.4, 0.5) is 20.6 Å². The van der Waals surface area contributed by atoms with E-state index < -0.39 is 11.8 Å². The molecule has 0 saturated carbocycles. The van der Waals surface area contributed by atoms with Crippen LogP contribution in [0.2, 0.25) is 0 Å². The van der Waals surface area contributed by atoms with Crippen molar-refractivity contribution in [2.24, 2.45) is 0 Å². The molecule has 0 heterocycles. The van der Waals surface area contributed by atoms with E-state index in [9.17, 15) is 14.0 Å². The van der Waals surface area contributed by atoms with Crippen molar-refractivity contribution >= 4 is 39.2 Å². The van der Waals surface area contributed by atoms with E-state index in [4.69, 9.17) is 0 Å². The van der Waals surface area contributed by atoms with E-state index in [0.29, 0.717) is 21.4 Å². The van der Waals surface area contributed by atoms with E-state index in [2.05, 4.69) is 31.9 Å². The summed E-state index contributed by atoms with van der Waals surface area (Å²) in [6.45, 7) is 0. The number of carbonyl (C=O) groups excluding carboxylic acids is 2. The van der Waals surface area contributed by atoms with Crippen LogP contribution in [0, 0.1) is 5.82 Å². The molecule has 0 bridgehead atoms. The Balaban J connectivity index is 2.17. The standard InChI is InChI=1S/C15H13BrFN3O2/c1-18-14(21)12-6-5-9(16)7-13(12)20-15(22)19-11-4-2-3-10(17)8-11/h2-8H,1H3,(H,18,21)(H2,19,20,22). The van der Waals surface area contributed by atoms with Gasteiger partial charge in [0.15, 0.2) is 0 Å². The number of halogens is 2. The Bertz CT molecular complexity index is 722. The van der Waals surface area contributed by atoms with Crippen LogP contribution < -0.4 is 16.0 Å². The molecule has 3 amide bonds. The van der Waals surface area contributed by atoms with Gasteiger partial charge in [-0.3, -0.25) is 4.79 Å². The van der Waals surface area contributed by atoms with Gasteiger partial charge in [-0.1, -0.05) is 22.0 Å². The number of carbonyl (C=O) groups is 2. The topological polar surface area (TPSA) is 70.2 Å². The third-order valence-corrected chi connectivity index (χ3v) is 3.28. The molecule has 22 heavy (non-hydrogen) atoms. The minimum absolute atomic E-state index is 0.314. The van der Waals surface area contributed by atoms with Gasteiger partial charge in [0.2, 0.25) is 0 Å². The lowest BCUT2D eigenvalue weighted by atomic mass is 10.1. The summed E-state index contributed by atoms with van der Waals surface area (Å²) in [5.41, 5.74) is 0.969. The predicted molar refractivity (Wildman–Crippen MR) is 86.6 cm³/mol. The van der Waals surface area contributed by atoms with Gasteiger partial charge in [0, 0.05) is 17.2 Å². The second-order valence-electron chi connectivity index (χ2n) is 4.36. The van der Waals surface area contributed by atoms with Gasteiger partial charge in [-0.25, -0.2) is 9.18 Å². The number of amides is 3. The number of benzene rings is 2. The van der Waals surface area contributed by atoms with Crippen molar-refractivity contribution < 1.29 is 14.0 Å². The number of hydrogen-bond donors (Lipinski definition) is 3. The molecule has 2 rings (SSSR count). The van der Waals surface area contributed by atoms with Gasteiger partial charge in [-0.05, 0) is 36.4 Å². The van der Waals surface area contributed by atoms with Crippen LogP contribution in [0.15, 0.2) is 46.9 Å². The Morgan fingerprint density at radius 1 is 1.09 bits per heavy atom. The molecule has 0 fully saturated rings. The molecule has 0 atom stereocenters. The van der Waals surface area contributed by atoms with Crippen LogP contribution >= 0.6 is 15.9 Å². The Labute approximate surface area is 135 Å². The first kappa shape index (κ1) is 16.0. The monoisotopic (exact) mass is 365 g/mol. The predicted octanol–water partition coefficient (Wildman–Crippen LogP) is 3.59. The SMILES string of the molecule is CNC(=O)c1ccc(Br)cc1NC(=O)Nc1cccc(F)c1. The normalized spacial score (nSPS) is 9.95. The smallest absolute Gasteiger partial charge is 0.323 e. The van der Waals surface area contributed by atoms with Gasteiger partial charge in [0.1, 0.15) is 5.82 Å². The zero-order valence-electron chi connectivity index (χ0n) is 11.6. The second-order valence-corrected chi connectivity index (χ2v) is 5.27. The zero-order chi connectivity index (χ0) is 16.1. The van der Waals surface area contributed by atoms with E-state index in [-0.39, 0.29) is 5.91 Å². The highest BCUT2D eigenvalue weighted by atomic mass is 79.9. The van der Waals surface area contributed by atoms with Gasteiger partial charge in [-0.15, -0.1) is 0 Å². The lowest BCUT2D eigenvalue weighted by molar-refractivity contribution is 0.0964. The first-order valence-corrected chi connectivity index (χ1v) is 7.14. The molecule has 0 aliphatic carbocycles. The van der Waals surface area contributed by atoms with E-state index in [1.165, 1.54) is 25.2 Å². The minimum atomic E-state index is -0.575. The molecule has 3 N–H and O–H groups in total. The van der Waals surface area contributed by atoms with Gasteiger partial charge in [0.25, 0.3) is 5.91 Å². The van der Waals surface area contributed by atoms with Crippen LogP contribution in [-0.2, 0) is 0 Å². The molecule has 0 saturated heterocycles. The summed E-state index contributed by atoms with van der Waals surface area (Å²) in [5, 5.41) is 7.56. The molecule has 0 aromatic heterocycles. The average molecular weight is 366 g/mol. The lowest BCUT2D eigenvalue weighted by Gasteiger charge is -2.12. The minimum Gasteiger partial charge on any atom is -0.355 e. The number of urea groups is 1. The van der Waals surface area contributed by atoms with E-state index in [1.54, 1.807) is 24.3 Å². The quantitative estimate of drug-likeness (QED) is 0.777. The molecule has 7 heteroatoms. The summed E-state index contributed by atoms with van der Waals surface area (Å²) >= 11 is 3.28. The van der Waals surface area contributed by atoms with Crippen molar-refractivity contribution in [3.63, 3.8) is 0 Å². The van der Waals surface area contributed by atoms with Crippen molar-refractivity contribution in [1.29, 1.82) is 0 Å². The van der Waals surface area contributed by atoms with Crippen LogP contribution in [-0.4, -0.2) is 19.0 Å². The molecule has 0 aliphatic rings. The molecule has 2 aromatic rings. The Morgan fingerprint density at radius 3 is 2.55 bits per heavy atom. The van der Waals surface area contributed by atoms with Gasteiger partial charge in [0.05, 0.1) is 11.3 Å². The first-order chi connectivity index (χ1) is 10.5. The molecular weight excluding hydrogens is 353 g/mol. The fourth-order valence-electron chi connectivity index (χ4n) is 1.80. The third-order valence-electron chi connectivity index (χ3n) is 2.78. The molecular formula is C15H13BrFN3O2. The van der Waals surface area contributed by atoms with Crippen molar-refractivity contribution in [1.82, 2.24) is 5.32 Å². The average Bonchev–Trinajstić information content (AvgIpc) is 2.46. The molecule has 0 radical (unpaired) electrons. The first-order valence-electron chi connectivity index (χ1n) is 6.35. The largest absolute Gasteiger partial charge is 0.355 e. The van der Waals surface area contributed by atoms with Crippen molar-refractivity contribution in [3.05, 3.63) is 58.3 Å². The number of anilines is 2. The summed E-state index contributed by atoms with van der Waals surface area (Å²) in [7, 11) is 1.50. The number of nitrogens with one attached hydrogen (secondary N) is 3. The van der Waals surface area contributed by atoms with E-state index in [1.807, 2.05) is 0 Å². The van der Waals surface area contributed by atoms with Crippen molar-refractivity contribution in [2.45, 2.75) is 0 Å². The highest BCUT2D eigenvalue weighted by molar-refractivity contribution is 9.10. The van der Waals surface area contributed by atoms with Crippen molar-refractivity contribution in [3.8, 4) is 0 Å². The summed E-state index contributed by atoms with van der Waals surface area (Å²) in [5.74, 6) is -0.778. The maximum atomic E-state index is 13.1. The third kappa shape index (κ3) is 4.05. The number of hydrogen-bond acceptors (Lipinski definition) is 2. The molecule has 2 aromatic carbocycles. The van der Waals surface area contributed by atoms with Crippen molar-refractivity contribution in [2.75, 3.05) is 17.7 Å². The van der Waals surface area contributed by atoms with Crippen LogP contribution in [0.3, 0.4) is 0 Å². The lowest BCUT2D eigenvalue weighted by Crippen LogP contribution is -2.24. The summed E-state index contributed by atoms with van der Waals surface area (Å²) < 4.78 is 13.8. The Hall–Kier alpha value is -2.41. The summed E-state index contributed by atoms with van der Waals surface area (Å²) in [4.78, 5) is 23.8. The van der Waals surface area contributed by atoms with Crippen LogP contribution in [0.5, 0.6) is 0 Å². The highest BCUT2D eigenvalue weighted by Gasteiger charge is 2.13. The van der Waals surface area contributed by atoms with Gasteiger partial charge >= 0.3 is 6.03 Å². The second kappa shape index (κ2) is 7.04. The van der Waals surface area contributed by atoms with Gasteiger partial charge < -0.3 is 16.0 Å². The Kier molecular flexibility index (Phi) is 5.11. The maximum Gasteiger partial charge on any atom is 0.323 e. The van der Waals surface area contributed by atoms with Crippen LogP contribution in [0.1, 0.15) is 10.4 Å². The van der Waals surface area contributed by atoms with E-state index >= 15 is 0 Å². The van der Waals surface area contributed by atoms with E-state index in [0.717, 1.165) is 0 Å². The maximum absolute atomic E-state index is 13.1. The summed E-state index contributed by atoms with van der Waals surface area (Å²) in [6, 6.07) is 9.83. The highest BCUT2D eigenvalue weighted by Crippen LogP contribution is 2.22. The molecule has 0 aliphatic heterocycles. The van der Waals surface area contributed by atoms with Gasteiger partial charge in [-0.2, -0.15) is 0 Å². The zero-order valence-corrected chi connectivity index (χ0v) is 13.2.